The highest BCUT2D eigenvalue weighted by atomic mass is 35.5. The molecular weight excluding hydrogens is 551 g/mol. The highest BCUT2D eigenvalue weighted by molar-refractivity contribution is 6.31. The fourth-order valence-electron chi connectivity index (χ4n) is 6.04. The maximum absolute atomic E-state index is 15.7. The van der Waals surface area contributed by atoms with Crippen molar-refractivity contribution in [2.45, 2.75) is 61.6 Å². The molecule has 1 heterocycles. The lowest BCUT2D eigenvalue weighted by Gasteiger charge is -2.45. The number of aliphatic hydroxyl groups excluding tert-OH is 3. The van der Waals surface area contributed by atoms with E-state index in [0.29, 0.717) is 12.8 Å². The Morgan fingerprint density at radius 1 is 1.23 bits per heavy atom. The number of nitrogens with zero attached hydrogens (tertiary/aromatic N) is 1. The third kappa shape index (κ3) is 5.51. The van der Waals surface area contributed by atoms with Gasteiger partial charge in [0.25, 0.3) is 0 Å². The Morgan fingerprint density at radius 2 is 1.97 bits per heavy atom. The predicted octanol–water partition coefficient (Wildman–Crippen LogP) is 3.57. The molecule has 0 spiro atoms. The number of benzene rings is 2. The zero-order chi connectivity index (χ0) is 28.4. The van der Waals surface area contributed by atoms with E-state index in [9.17, 15) is 20.3 Å². The lowest BCUT2D eigenvalue weighted by Crippen LogP contribution is -2.49. The van der Waals surface area contributed by atoms with Gasteiger partial charge in [-0.2, -0.15) is 5.26 Å². The monoisotopic (exact) mass is 581 g/mol. The molecule has 4 rings (SSSR count). The first kappa shape index (κ1) is 29.7. The van der Waals surface area contributed by atoms with Crippen LogP contribution in [0, 0.1) is 28.4 Å². The number of hydrogen-bond donors (Lipinski definition) is 5. The molecule has 1 amide bonds. The molecule has 2 aromatic carbocycles. The maximum atomic E-state index is 15.7. The molecule has 4 unspecified atom stereocenters. The van der Waals surface area contributed by atoms with E-state index in [-0.39, 0.29) is 47.2 Å². The van der Waals surface area contributed by atoms with Gasteiger partial charge < -0.3 is 26.0 Å². The summed E-state index contributed by atoms with van der Waals surface area (Å²) in [5.41, 5.74) is -2.40. The van der Waals surface area contributed by atoms with Gasteiger partial charge in [-0.25, -0.2) is 8.78 Å². The van der Waals surface area contributed by atoms with Gasteiger partial charge in [-0.3, -0.25) is 4.79 Å². The Bertz CT molecular complexity index is 1250. The molecule has 1 aliphatic heterocycles. The molecule has 0 bridgehead atoms. The van der Waals surface area contributed by atoms with Gasteiger partial charge in [-0.15, -0.1) is 0 Å². The van der Waals surface area contributed by atoms with Crippen molar-refractivity contribution in [1.82, 2.24) is 10.6 Å². The van der Waals surface area contributed by atoms with Crippen LogP contribution in [0.3, 0.4) is 0 Å². The summed E-state index contributed by atoms with van der Waals surface area (Å²) in [6.45, 7) is -0.627. The molecule has 1 saturated carbocycles. The van der Waals surface area contributed by atoms with Gasteiger partial charge in [-0.05, 0) is 54.9 Å². The largest absolute Gasteiger partial charge is 0.396 e. The number of nitriles is 1. The van der Waals surface area contributed by atoms with Crippen molar-refractivity contribution in [2.75, 3.05) is 19.8 Å². The summed E-state index contributed by atoms with van der Waals surface area (Å²) in [6.07, 6.45) is 1.53. The number of rotatable bonds is 10. The van der Waals surface area contributed by atoms with Crippen LogP contribution in [0.1, 0.15) is 49.1 Å². The molecule has 1 saturated heterocycles. The maximum Gasteiger partial charge on any atom is 0.237 e. The standard InChI is InChI=1S/C28H31Cl2F2N3O4/c29-16-5-6-19(21(31)11-16)28(14-33)22(12-27(15-37)8-2-9-27)35-25(26(39)34-10-7-17(38)13-36)23(28)18-3-1-4-20(30)24(18)32/h1,3-6,11,17,22-23,25,35-38H,2,7-10,12-13,15H2,(H,34,39)/t17-,22?,23?,25?,28?/m0/s1. The van der Waals surface area contributed by atoms with Gasteiger partial charge in [-0.1, -0.05) is 47.8 Å². The van der Waals surface area contributed by atoms with Crippen LogP contribution in [0.4, 0.5) is 8.78 Å². The number of carbonyl (C=O) groups excluding carboxylic acids is 1. The fraction of sp³-hybridized carbons (Fsp3) is 0.500. The molecule has 11 heteroatoms. The van der Waals surface area contributed by atoms with Crippen molar-refractivity contribution in [1.29, 1.82) is 5.26 Å². The third-order valence-corrected chi connectivity index (χ3v) is 8.82. The van der Waals surface area contributed by atoms with Gasteiger partial charge >= 0.3 is 0 Å². The SMILES string of the molecule is N#CC1(c2ccc(Cl)cc2F)C(CC2(CO)CCC2)NC(C(=O)NCC[C@H](O)CO)C1c1cccc(Cl)c1F. The van der Waals surface area contributed by atoms with Crippen LogP contribution >= 0.6 is 23.2 Å². The van der Waals surface area contributed by atoms with Crippen LogP contribution in [0.15, 0.2) is 36.4 Å². The van der Waals surface area contributed by atoms with E-state index in [1.807, 2.05) is 0 Å². The number of carbonyl (C=O) groups is 1. The highest BCUT2D eigenvalue weighted by Gasteiger charge is 2.62. The van der Waals surface area contributed by atoms with Crippen molar-refractivity contribution in [3.05, 3.63) is 69.2 Å². The summed E-state index contributed by atoms with van der Waals surface area (Å²) in [6, 6.07) is 8.40. The topological polar surface area (TPSA) is 126 Å². The first-order chi connectivity index (χ1) is 18.6. The molecule has 0 radical (unpaired) electrons. The molecule has 0 aromatic heterocycles. The van der Waals surface area contributed by atoms with E-state index < -0.39 is 59.1 Å². The zero-order valence-corrected chi connectivity index (χ0v) is 22.7. The van der Waals surface area contributed by atoms with Crippen molar-refractivity contribution in [2.24, 2.45) is 5.41 Å². The quantitative estimate of drug-likeness (QED) is 0.292. The minimum absolute atomic E-state index is 0.00356. The summed E-state index contributed by atoms with van der Waals surface area (Å²) in [4.78, 5) is 13.6. The predicted molar refractivity (Wildman–Crippen MR) is 142 cm³/mol. The van der Waals surface area contributed by atoms with E-state index in [4.69, 9.17) is 28.3 Å². The highest BCUT2D eigenvalue weighted by Crippen LogP contribution is 2.55. The Morgan fingerprint density at radius 3 is 2.56 bits per heavy atom. The van der Waals surface area contributed by atoms with Crippen LogP contribution < -0.4 is 10.6 Å². The Labute approximate surface area is 235 Å². The zero-order valence-electron chi connectivity index (χ0n) is 21.1. The normalized spacial score (nSPS) is 26.5. The van der Waals surface area contributed by atoms with Crippen LogP contribution in [0.2, 0.25) is 10.0 Å². The average Bonchev–Trinajstić information content (AvgIpc) is 3.21. The summed E-state index contributed by atoms with van der Waals surface area (Å²) in [7, 11) is 0. The lowest BCUT2D eigenvalue weighted by atomic mass is 9.58. The first-order valence-electron chi connectivity index (χ1n) is 12.9. The average molecular weight is 582 g/mol. The summed E-state index contributed by atoms with van der Waals surface area (Å²) >= 11 is 12.2. The van der Waals surface area contributed by atoms with Gasteiger partial charge in [0, 0.05) is 35.7 Å². The Kier molecular flexibility index (Phi) is 9.16. The minimum atomic E-state index is -1.79. The minimum Gasteiger partial charge on any atom is -0.396 e. The van der Waals surface area contributed by atoms with Gasteiger partial charge in [0.1, 0.15) is 17.0 Å². The molecule has 39 heavy (non-hydrogen) atoms. The van der Waals surface area contributed by atoms with Crippen molar-refractivity contribution < 1.29 is 28.9 Å². The summed E-state index contributed by atoms with van der Waals surface area (Å²) < 4.78 is 31.3. The first-order valence-corrected chi connectivity index (χ1v) is 13.6. The van der Waals surface area contributed by atoms with E-state index >= 15 is 8.78 Å². The molecule has 5 N–H and O–H groups in total. The van der Waals surface area contributed by atoms with E-state index in [1.165, 1.54) is 30.3 Å². The smallest absolute Gasteiger partial charge is 0.237 e. The van der Waals surface area contributed by atoms with E-state index in [1.54, 1.807) is 0 Å². The van der Waals surface area contributed by atoms with E-state index in [2.05, 4.69) is 16.7 Å². The van der Waals surface area contributed by atoms with E-state index in [0.717, 1.165) is 12.5 Å². The van der Waals surface area contributed by atoms with Crippen LogP contribution in [0.5, 0.6) is 0 Å². The van der Waals surface area contributed by atoms with Crippen molar-refractivity contribution >= 4 is 29.1 Å². The molecular formula is C28H31Cl2F2N3O4. The van der Waals surface area contributed by atoms with Crippen LogP contribution in [-0.4, -0.2) is 59.2 Å². The lowest BCUT2D eigenvalue weighted by molar-refractivity contribution is -0.123. The van der Waals surface area contributed by atoms with Gasteiger partial charge in [0.05, 0.1) is 29.8 Å². The fourth-order valence-corrected chi connectivity index (χ4v) is 6.38. The van der Waals surface area contributed by atoms with Crippen molar-refractivity contribution in [3.8, 4) is 6.07 Å². The third-order valence-electron chi connectivity index (χ3n) is 8.29. The molecule has 5 atom stereocenters. The summed E-state index contributed by atoms with van der Waals surface area (Å²) in [5, 5.41) is 45.7. The molecule has 2 aliphatic rings. The molecule has 2 fully saturated rings. The number of nitrogens with one attached hydrogen (secondary N) is 2. The van der Waals surface area contributed by atoms with Crippen LogP contribution in [0.25, 0.3) is 0 Å². The number of hydrogen-bond acceptors (Lipinski definition) is 6. The second-order valence-electron chi connectivity index (χ2n) is 10.6. The second-order valence-corrected chi connectivity index (χ2v) is 11.4. The van der Waals surface area contributed by atoms with Crippen LogP contribution in [-0.2, 0) is 10.2 Å². The van der Waals surface area contributed by atoms with Gasteiger partial charge in [0.15, 0.2) is 0 Å². The Balaban J connectivity index is 1.89. The molecule has 1 aliphatic carbocycles. The number of amides is 1. The number of aliphatic hydroxyl groups is 3. The molecule has 7 nitrogen and oxygen atoms in total. The molecule has 2 aromatic rings. The number of halogens is 4. The second kappa shape index (κ2) is 12.0. The summed E-state index contributed by atoms with van der Waals surface area (Å²) in [5.74, 6) is -3.41. The van der Waals surface area contributed by atoms with Crippen molar-refractivity contribution in [3.63, 3.8) is 0 Å². The molecule has 210 valence electrons. The Hall–Kier alpha value is -2.32. The van der Waals surface area contributed by atoms with Gasteiger partial charge in [0.2, 0.25) is 5.91 Å².